The zero-order valence-electron chi connectivity index (χ0n) is 16.8. The molecule has 0 saturated heterocycles. The third-order valence-corrected chi connectivity index (χ3v) is 4.44. The molecule has 8 nitrogen and oxygen atoms in total. The molecule has 0 saturated carbocycles. The second-order valence-corrected chi connectivity index (χ2v) is 6.61. The number of aryl methyl sites for hydroxylation is 3. The Morgan fingerprint density at radius 2 is 1.86 bits per heavy atom. The molecule has 1 atom stereocenters. The van der Waals surface area contributed by atoms with E-state index in [0.717, 1.165) is 11.3 Å². The Morgan fingerprint density at radius 1 is 1.18 bits per heavy atom. The van der Waals surface area contributed by atoms with Crippen molar-refractivity contribution in [2.75, 3.05) is 11.9 Å². The quantitative estimate of drug-likeness (QED) is 0.709. The van der Waals surface area contributed by atoms with Gasteiger partial charge >= 0.3 is 5.97 Å². The van der Waals surface area contributed by atoms with Gasteiger partial charge in [-0.25, -0.2) is 0 Å². The van der Waals surface area contributed by atoms with Crippen molar-refractivity contribution in [3.05, 3.63) is 46.8 Å². The van der Waals surface area contributed by atoms with Crippen molar-refractivity contribution in [1.82, 2.24) is 15.1 Å². The Balaban J connectivity index is 1.80. The first-order valence-corrected chi connectivity index (χ1v) is 9.05. The Kier molecular flexibility index (Phi) is 6.92. The van der Waals surface area contributed by atoms with Crippen LogP contribution in [-0.4, -0.2) is 40.2 Å². The number of hydrogen-bond acceptors (Lipinski definition) is 5. The smallest absolute Gasteiger partial charge is 0.308 e. The molecule has 0 aliphatic carbocycles. The topological polar surface area (TPSA) is 102 Å². The summed E-state index contributed by atoms with van der Waals surface area (Å²) in [6.07, 6.45) is -0.987. The number of amides is 2. The average Bonchev–Trinajstić information content (AvgIpc) is 2.87. The summed E-state index contributed by atoms with van der Waals surface area (Å²) in [4.78, 5) is 36.3. The molecule has 1 unspecified atom stereocenters. The van der Waals surface area contributed by atoms with Gasteiger partial charge in [0.2, 0.25) is 0 Å². The van der Waals surface area contributed by atoms with Crippen LogP contribution in [0.4, 0.5) is 5.69 Å². The van der Waals surface area contributed by atoms with Gasteiger partial charge in [0.15, 0.2) is 6.10 Å². The lowest BCUT2D eigenvalue weighted by Gasteiger charge is -2.14. The zero-order chi connectivity index (χ0) is 20.8. The fourth-order valence-electron chi connectivity index (χ4n) is 2.69. The van der Waals surface area contributed by atoms with Gasteiger partial charge in [-0.1, -0.05) is 18.2 Å². The van der Waals surface area contributed by atoms with Crippen LogP contribution in [-0.2, 0) is 21.4 Å². The standard InChI is InChI=1S/C20H26N4O4/c1-12-8-6-7-9-16(12)20(27)21-11-10-17(25)28-15(4)19(26)22-18-13(2)23-24(5)14(18)3/h6-9,15H,10-11H2,1-5H3,(H,21,27)(H,22,26). The second-order valence-electron chi connectivity index (χ2n) is 6.61. The van der Waals surface area contributed by atoms with E-state index in [1.165, 1.54) is 6.92 Å². The number of hydrogen-bond donors (Lipinski definition) is 2. The van der Waals surface area contributed by atoms with E-state index in [4.69, 9.17) is 4.74 Å². The average molecular weight is 386 g/mol. The van der Waals surface area contributed by atoms with E-state index in [-0.39, 0.29) is 18.9 Å². The first-order valence-electron chi connectivity index (χ1n) is 9.05. The third-order valence-electron chi connectivity index (χ3n) is 4.44. The molecule has 0 aliphatic rings. The summed E-state index contributed by atoms with van der Waals surface area (Å²) < 4.78 is 6.82. The SMILES string of the molecule is Cc1ccccc1C(=O)NCCC(=O)OC(C)C(=O)Nc1c(C)nn(C)c1C. The first-order chi connectivity index (χ1) is 13.2. The summed E-state index contributed by atoms with van der Waals surface area (Å²) >= 11 is 0. The van der Waals surface area contributed by atoms with Gasteiger partial charge < -0.3 is 15.4 Å². The first kappa shape index (κ1) is 21.1. The number of benzene rings is 1. The van der Waals surface area contributed by atoms with E-state index in [1.54, 1.807) is 30.8 Å². The summed E-state index contributed by atoms with van der Waals surface area (Å²) in [5.74, 6) is -1.25. The molecule has 0 spiro atoms. The molecule has 0 bridgehead atoms. The molecule has 150 valence electrons. The van der Waals surface area contributed by atoms with Gasteiger partial charge in [0, 0.05) is 19.2 Å². The molecule has 28 heavy (non-hydrogen) atoms. The highest BCUT2D eigenvalue weighted by Gasteiger charge is 2.21. The molecular formula is C20H26N4O4. The summed E-state index contributed by atoms with van der Waals surface area (Å²) in [6, 6.07) is 7.19. The number of nitrogens with zero attached hydrogens (tertiary/aromatic N) is 2. The van der Waals surface area contributed by atoms with Crippen LogP contribution in [0.5, 0.6) is 0 Å². The zero-order valence-corrected chi connectivity index (χ0v) is 16.8. The molecule has 0 fully saturated rings. The normalized spacial score (nSPS) is 11.6. The Hall–Kier alpha value is -3.16. The lowest BCUT2D eigenvalue weighted by molar-refractivity contribution is -0.153. The van der Waals surface area contributed by atoms with E-state index in [9.17, 15) is 14.4 Å². The van der Waals surface area contributed by atoms with E-state index in [0.29, 0.717) is 16.9 Å². The maximum absolute atomic E-state index is 12.3. The summed E-state index contributed by atoms with van der Waals surface area (Å²) in [5, 5.41) is 9.64. The number of rotatable bonds is 7. The minimum absolute atomic E-state index is 0.0276. The molecule has 0 aliphatic heterocycles. The van der Waals surface area contributed by atoms with Crippen LogP contribution in [0, 0.1) is 20.8 Å². The highest BCUT2D eigenvalue weighted by molar-refractivity contribution is 5.96. The van der Waals surface area contributed by atoms with Gasteiger partial charge in [-0.3, -0.25) is 19.1 Å². The number of carbonyl (C=O) groups is 3. The Bertz CT molecular complexity index is 888. The molecule has 2 aromatic rings. The number of nitrogens with one attached hydrogen (secondary N) is 2. The van der Waals surface area contributed by atoms with Gasteiger partial charge in [0.05, 0.1) is 23.5 Å². The molecule has 1 aromatic heterocycles. The highest BCUT2D eigenvalue weighted by atomic mass is 16.5. The monoisotopic (exact) mass is 386 g/mol. The number of aromatic nitrogens is 2. The van der Waals surface area contributed by atoms with Crippen molar-refractivity contribution >= 4 is 23.5 Å². The van der Waals surface area contributed by atoms with Gasteiger partial charge in [-0.2, -0.15) is 5.10 Å². The second kappa shape index (κ2) is 9.16. The largest absolute Gasteiger partial charge is 0.452 e. The van der Waals surface area contributed by atoms with Crippen molar-refractivity contribution in [3.63, 3.8) is 0 Å². The molecular weight excluding hydrogens is 360 g/mol. The van der Waals surface area contributed by atoms with Crippen molar-refractivity contribution in [3.8, 4) is 0 Å². The minimum Gasteiger partial charge on any atom is -0.452 e. The molecule has 2 amide bonds. The summed E-state index contributed by atoms with van der Waals surface area (Å²) in [5.41, 5.74) is 3.52. The highest BCUT2D eigenvalue weighted by Crippen LogP contribution is 2.18. The predicted octanol–water partition coefficient (Wildman–Crippen LogP) is 2.04. The van der Waals surface area contributed by atoms with Crippen molar-refractivity contribution < 1.29 is 19.1 Å². The third kappa shape index (κ3) is 5.18. The summed E-state index contributed by atoms with van der Waals surface area (Å²) in [6.45, 7) is 7.09. The Morgan fingerprint density at radius 3 is 2.46 bits per heavy atom. The lowest BCUT2D eigenvalue weighted by Crippen LogP contribution is -2.32. The van der Waals surface area contributed by atoms with Gasteiger partial charge in [0.1, 0.15) is 0 Å². The number of carbonyl (C=O) groups excluding carboxylic acids is 3. The van der Waals surface area contributed by atoms with Gasteiger partial charge in [0.25, 0.3) is 11.8 Å². The van der Waals surface area contributed by atoms with Crippen LogP contribution in [0.25, 0.3) is 0 Å². The fraction of sp³-hybridized carbons (Fsp3) is 0.400. The molecule has 8 heteroatoms. The van der Waals surface area contributed by atoms with Gasteiger partial charge in [-0.05, 0) is 39.3 Å². The fourth-order valence-corrected chi connectivity index (χ4v) is 2.69. The van der Waals surface area contributed by atoms with Crippen molar-refractivity contribution in [1.29, 1.82) is 0 Å². The van der Waals surface area contributed by atoms with Crippen LogP contribution in [0.1, 0.15) is 40.7 Å². The van der Waals surface area contributed by atoms with Crippen molar-refractivity contribution in [2.45, 2.75) is 40.2 Å². The lowest BCUT2D eigenvalue weighted by atomic mass is 10.1. The Labute approximate surface area is 164 Å². The molecule has 0 radical (unpaired) electrons. The van der Waals surface area contributed by atoms with E-state index >= 15 is 0 Å². The number of anilines is 1. The van der Waals surface area contributed by atoms with E-state index < -0.39 is 18.0 Å². The van der Waals surface area contributed by atoms with Crippen LogP contribution in [0.3, 0.4) is 0 Å². The van der Waals surface area contributed by atoms with Crippen LogP contribution in [0.2, 0.25) is 0 Å². The van der Waals surface area contributed by atoms with Crippen LogP contribution in [0.15, 0.2) is 24.3 Å². The number of esters is 1. The predicted molar refractivity (Wildman–Crippen MR) is 105 cm³/mol. The molecule has 1 aromatic carbocycles. The van der Waals surface area contributed by atoms with E-state index in [2.05, 4.69) is 15.7 Å². The maximum atomic E-state index is 12.3. The number of ether oxygens (including phenoxy) is 1. The summed E-state index contributed by atoms with van der Waals surface area (Å²) in [7, 11) is 1.78. The van der Waals surface area contributed by atoms with E-state index in [1.807, 2.05) is 26.0 Å². The molecule has 2 N–H and O–H groups in total. The maximum Gasteiger partial charge on any atom is 0.308 e. The molecule has 1 heterocycles. The van der Waals surface area contributed by atoms with Crippen molar-refractivity contribution in [2.24, 2.45) is 7.05 Å². The van der Waals surface area contributed by atoms with Gasteiger partial charge in [-0.15, -0.1) is 0 Å². The minimum atomic E-state index is -0.960. The van der Waals surface area contributed by atoms with Crippen LogP contribution >= 0.6 is 0 Å². The molecule has 2 rings (SSSR count). The van der Waals surface area contributed by atoms with Crippen LogP contribution < -0.4 is 10.6 Å².